The van der Waals surface area contributed by atoms with E-state index in [1.165, 1.54) is 0 Å². The van der Waals surface area contributed by atoms with Crippen molar-refractivity contribution in [2.24, 2.45) is 0 Å². The zero-order valence-electron chi connectivity index (χ0n) is 17.9. The molecule has 1 aromatic heterocycles. The molecule has 162 valence electrons. The summed E-state index contributed by atoms with van der Waals surface area (Å²) in [6.45, 7) is 5.99. The van der Waals surface area contributed by atoms with Crippen LogP contribution in [0, 0.1) is 6.92 Å². The van der Waals surface area contributed by atoms with Crippen LogP contribution in [0.2, 0.25) is 0 Å². The van der Waals surface area contributed by atoms with E-state index in [4.69, 9.17) is 0 Å². The molecule has 7 heteroatoms. The van der Waals surface area contributed by atoms with Crippen LogP contribution in [0.3, 0.4) is 0 Å². The first kappa shape index (κ1) is 22.5. The van der Waals surface area contributed by atoms with E-state index in [9.17, 15) is 13.2 Å². The number of sulfonamides is 1. The molecule has 6 nitrogen and oxygen atoms in total. The van der Waals surface area contributed by atoms with Crippen molar-refractivity contribution in [3.05, 3.63) is 89.7 Å². The van der Waals surface area contributed by atoms with Gasteiger partial charge in [-0.3, -0.25) is 14.1 Å². The first-order valence-electron chi connectivity index (χ1n) is 10.1. The zero-order valence-corrected chi connectivity index (χ0v) is 18.8. The number of carbonyl (C=O) groups is 1. The van der Waals surface area contributed by atoms with Gasteiger partial charge in [0, 0.05) is 18.9 Å². The SMILES string of the molecule is Cc1ccc(S(=O)(=O)N(CC(=O)NCc2cccnc2)c2ccc(C(C)C)cc2)cc1. The fourth-order valence-electron chi connectivity index (χ4n) is 3.07. The second-order valence-electron chi connectivity index (χ2n) is 7.71. The van der Waals surface area contributed by atoms with Gasteiger partial charge in [-0.2, -0.15) is 0 Å². The highest BCUT2D eigenvalue weighted by molar-refractivity contribution is 7.92. The number of anilines is 1. The summed E-state index contributed by atoms with van der Waals surface area (Å²) in [5.41, 5.74) is 3.34. The van der Waals surface area contributed by atoms with Crippen molar-refractivity contribution in [2.45, 2.75) is 38.1 Å². The number of carbonyl (C=O) groups excluding carboxylic acids is 1. The molecular weight excluding hydrogens is 410 g/mol. The first-order chi connectivity index (χ1) is 14.8. The lowest BCUT2D eigenvalue weighted by Gasteiger charge is -2.24. The number of hydrogen-bond acceptors (Lipinski definition) is 4. The van der Waals surface area contributed by atoms with Crippen LogP contribution in [0.5, 0.6) is 0 Å². The molecule has 3 rings (SSSR count). The Kier molecular flexibility index (Phi) is 7.07. The molecule has 0 fully saturated rings. The summed E-state index contributed by atoms with van der Waals surface area (Å²) in [6.07, 6.45) is 3.31. The maximum absolute atomic E-state index is 13.4. The molecule has 0 aliphatic heterocycles. The van der Waals surface area contributed by atoms with Gasteiger partial charge in [-0.15, -0.1) is 0 Å². The molecule has 0 aliphatic carbocycles. The number of nitrogens with zero attached hydrogens (tertiary/aromatic N) is 2. The highest BCUT2D eigenvalue weighted by atomic mass is 32.2. The van der Waals surface area contributed by atoms with Crippen LogP contribution < -0.4 is 9.62 Å². The molecule has 0 aliphatic rings. The summed E-state index contributed by atoms with van der Waals surface area (Å²) in [6, 6.07) is 17.5. The van der Waals surface area contributed by atoms with Crippen LogP contribution in [0.25, 0.3) is 0 Å². The van der Waals surface area contributed by atoms with Gasteiger partial charge in [-0.05, 0) is 54.3 Å². The standard InChI is InChI=1S/C24H27N3O3S/c1-18(2)21-8-10-22(11-9-21)27(31(29,30)23-12-6-19(3)7-13-23)17-24(28)26-16-20-5-4-14-25-15-20/h4-15,18H,16-17H2,1-3H3,(H,26,28). The van der Waals surface area contributed by atoms with Gasteiger partial charge in [-0.25, -0.2) is 8.42 Å². The van der Waals surface area contributed by atoms with E-state index >= 15 is 0 Å². The largest absolute Gasteiger partial charge is 0.350 e. The van der Waals surface area contributed by atoms with Crippen LogP contribution >= 0.6 is 0 Å². The predicted octanol–water partition coefficient (Wildman–Crippen LogP) is 4.03. The van der Waals surface area contributed by atoms with Crippen molar-refractivity contribution in [1.29, 1.82) is 0 Å². The van der Waals surface area contributed by atoms with Crippen LogP contribution in [0.1, 0.15) is 36.5 Å². The molecule has 2 aromatic carbocycles. The zero-order chi connectivity index (χ0) is 22.4. The van der Waals surface area contributed by atoms with E-state index in [1.807, 2.05) is 25.1 Å². The summed E-state index contributed by atoms with van der Waals surface area (Å²) in [4.78, 5) is 16.8. The second kappa shape index (κ2) is 9.75. The highest BCUT2D eigenvalue weighted by Gasteiger charge is 2.27. The molecule has 0 unspecified atom stereocenters. The minimum atomic E-state index is -3.92. The Hall–Kier alpha value is -3.19. The third-order valence-corrected chi connectivity index (χ3v) is 6.74. The van der Waals surface area contributed by atoms with Crippen molar-refractivity contribution in [2.75, 3.05) is 10.8 Å². The number of benzene rings is 2. The van der Waals surface area contributed by atoms with Gasteiger partial charge in [0.2, 0.25) is 5.91 Å². The number of hydrogen-bond donors (Lipinski definition) is 1. The van der Waals surface area contributed by atoms with Crippen LogP contribution in [-0.4, -0.2) is 25.9 Å². The number of rotatable bonds is 8. The number of pyridine rings is 1. The smallest absolute Gasteiger partial charge is 0.264 e. The van der Waals surface area contributed by atoms with Crippen molar-refractivity contribution < 1.29 is 13.2 Å². The van der Waals surface area contributed by atoms with E-state index in [0.717, 1.165) is 21.0 Å². The molecule has 1 amide bonds. The molecule has 0 spiro atoms. The summed E-state index contributed by atoms with van der Waals surface area (Å²) in [7, 11) is -3.92. The topological polar surface area (TPSA) is 79.4 Å². The second-order valence-corrected chi connectivity index (χ2v) is 9.57. The van der Waals surface area contributed by atoms with Gasteiger partial charge < -0.3 is 5.32 Å². The maximum Gasteiger partial charge on any atom is 0.264 e. The fraction of sp³-hybridized carbons (Fsp3) is 0.250. The maximum atomic E-state index is 13.4. The molecule has 1 N–H and O–H groups in total. The van der Waals surface area contributed by atoms with Crippen molar-refractivity contribution >= 4 is 21.6 Å². The van der Waals surface area contributed by atoms with E-state index in [0.29, 0.717) is 11.6 Å². The van der Waals surface area contributed by atoms with Crippen LogP contribution in [0.15, 0.2) is 78.0 Å². The average Bonchev–Trinajstić information content (AvgIpc) is 2.77. The van der Waals surface area contributed by atoms with E-state index in [-0.39, 0.29) is 18.0 Å². The lowest BCUT2D eigenvalue weighted by Crippen LogP contribution is -2.40. The Bertz CT molecular complexity index is 1110. The molecule has 0 saturated carbocycles. The number of nitrogens with one attached hydrogen (secondary N) is 1. The van der Waals surface area contributed by atoms with E-state index in [2.05, 4.69) is 24.1 Å². The van der Waals surface area contributed by atoms with Crippen molar-refractivity contribution in [1.82, 2.24) is 10.3 Å². The Morgan fingerprint density at radius 1 is 1.03 bits per heavy atom. The Morgan fingerprint density at radius 2 is 1.71 bits per heavy atom. The monoisotopic (exact) mass is 437 g/mol. The minimum absolute atomic E-state index is 0.145. The molecule has 31 heavy (non-hydrogen) atoms. The average molecular weight is 438 g/mol. The Morgan fingerprint density at radius 3 is 2.29 bits per heavy atom. The van der Waals surface area contributed by atoms with Gasteiger partial charge in [0.05, 0.1) is 10.6 Å². The Balaban J connectivity index is 1.88. The normalized spacial score (nSPS) is 11.4. The summed E-state index contributed by atoms with van der Waals surface area (Å²) < 4.78 is 28.0. The third kappa shape index (κ3) is 5.70. The number of aryl methyl sites for hydroxylation is 1. The van der Waals surface area contributed by atoms with Crippen molar-refractivity contribution in [3.63, 3.8) is 0 Å². The van der Waals surface area contributed by atoms with E-state index < -0.39 is 15.9 Å². The molecule has 1 heterocycles. The number of aromatic nitrogens is 1. The fourth-order valence-corrected chi connectivity index (χ4v) is 4.49. The van der Waals surface area contributed by atoms with Crippen LogP contribution in [0.4, 0.5) is 5.69 Å². The van der Waals surface area contributed by atoms with Gasteiger partial charge in [0.1, 0.15) is 6.54 Å². The van der Waals surface area contributed by atoms with Gasteiger partial charge >= 0.3 is 0 Å². The molecule has 3 aromatic rings. The number of amides is 1. The lowest BCUT2D eigenvalue weighted by molar-refractivity contribution is -0.119. The summed E-state index contributed by atoms with van der Waals surface area (Å²) >= 11 is 0. The Labute approximate surface area is 184 Å². The van der Waals surface area contributed by atoms with Crippen molar-refractivity contribution in [3.8, 4) is 0 Å². The molecule has 0 radical (unpaired) electrons. The van der Waals surface area contributed by atoms with Crippen LogP contribution in [-0.2, 0) is 21.4 Å². The van der Waals surface area contributed by atoms with Gasteiger partial charge in [0.15, 0.2) is 0 Å². The molecule has 0 bridgehead atoms. The lowest BCUT2D eigenvalue weighted by atomic mass is 10.0. The third-order valence-electron chi connectivity index (χ3n) is 4.96. The molecular formula is C24H27N3O3S. The summed E-state index contributed by atoms with van der Waals surface area (Å²) in [5, 5.41) is 2.78. The quantitative estimate of drug-likeness (QED) is 0.577. The predicted molar refractivity (Wildman–Crippen MR) is 122 cm³/mol. The first-order valence-corrected chi connectivity index (χ1v) is 11.6. The minimum Gasteiger partial charge on any atom is -0.350 e. The van der Waals surface area contributed by atoms with Gasteiger partial charge in [-0.1, -0.05) is 49.7 Å². The summed E-state index contributed by atoms with van der Waals surface area (Å²) in [5.74, 6) is -0.0773. The highest BCUT2D eigenvalue weighted by Crippen LogP contribution is 2.26. The molecule has 0 saturated heterocycles. The molecule has 0 atom stereocenters. The van der Waals surface area contributed by atoms with E-state index in [1.54, 1.807) is 54.9 Å². The van der Waals surface area contributed by atoms with Gasteiger partial charge in [0.25, 0.3) is 10.0 Å².